The van der Waals surface area contributed by atoms with Crippen LogP contribution in [-0.2, 0) is 11.2 Å². The monoisotopic (exact) mass is 324 g/mol. The maximum absolute atomic E-state index is 11.9. The van der Waals surface area contributed by atoms with Crippen LogP contribution in [0.5, 0.6) is 0 Å². The van der Waals surface area contributed by atoms with E-state index in [4.69, 9.17) is 0 Å². The summed E-state index contributed by atoms with van der Waals surface area (Å²) in [5, 5.41) is 6.84. The van der Waals surface area contributed by atoms with Crippen molar-refractivity contribution < 1.29 is 9.59 Å². The molecule has 0 bridgehead atoms. The van der Waals surface area contributed by atoms with Crippen LogP contribution in [0, 0.1) is 0 Å². The average Bonchev–Trinajstić information content (AvgIpc) is 3.06. The minimum absolute atomic E-state index is 0.244. The molecule has 1 fully saturated rings. The van der Waals surface area contributed by atoms with Crippen LogP contribution in [0.2, 0.25) is 0 Å². The van der Waals surface area contributed by atoms with Crippen molar-refractivity contribution in [1.82, 2.24) is 20.4 Å². The summed E-state index contributed by atoms with van der Waals surface area (Å²) in [6, 6.07) is 3.53. The lowest BCUT2D eigenvalue weighted by atomic mass is 10.2. The summed E-state index contributed by atoms with van der Waals surface area (Å²) in [5.41, 5.74) is 0. The Balaban J connectivity index is 1.71. The molecule has 2 N–H and O–H groups in total. The highest BCUT2D eigenvalue weighted by molar-refractivity contribution is 7.09. The standard InChI is InChI=1S/C15H24N4O2S/c1-12(14(20)17-15(21)16-2)19-9-7-18(8-10-19)6-5-13-4-3-11-22-13/h3-4,11-12H,5-10H2,1-2H3,(H2,16,17,20,21). The molecule has 0 aliphatic carbocycles. The van der Waals surface area contributed by atoms with Gasteiger partial charge < -0.3 is 10.2 Å². The van der Waals surface area contributed by atoms with Crippen molar-refractivity contribution in [3.8, 4) is 0 Å². The number of urea groups is 1. The number of nitrogens with one attached hydrogen (secondary N) is 2. The molecule has 1 aromatic rings. The molecule has 6 nitrogen and oxygen atoms in total. The van der Waals surface area contributed by atoms with Crippen molar-refractivity contribution in [2.24, 2.45) is 0 Å². The first kappa shape index (κ1) is 16.9. The van der Waals surface area contributed by atoms with E-state index in [2.05, 4.69) is 37.9 Å². The molecule has 0 radical (unpaired) electrons. The van der Waals surface area contributed by atoms with Gasteiger partial charge in [0.1, 0.15) is 0 Å². The van der Waals surface area contributed by atoms with E-state index in [1.165, 1.54) is 11.9 Å². The number of hydrogen-bond donors (Lipinski definition) is 2. The highest BCUT2D eigenvalue weighted by Gasteiger charge is 2.26. The Morgan fingerprint density at radius 1 is 1.32 bits per heavy atom. The lowest BCUT2D eigenvalue weighted by molar-refractivity contribution is -0.125. The Bertz CT molecular complexity index is 484. The van der Waals surface area contributed by atoms with Crippen LogP contribution in [0.15, 0.2) is 17.5 Å². The van der Waals surface area contributed by atoms with Crippen molar-refractivity contribution in [1.29, 1.82) is 0 Å². The van der Waals surface area contributed by atoms with Gasteiger partial charge in [0.15, 0.2) is 0 Å². The maximum atomic E-state index is 11.9. The molecular weight excluding hydrogens is 300 g/mol. The van der Waals surface area contributed by atoms with Crippen LogP contribution in [0.1, 0.15) is 11.8 Å². The van der Waals surface area contributed by atoms with E-state index in [9.17, 15) is 9.59 Å². The first-order valence-corrected chi connectivity index (χ1v) is 8.49. The molecule has 2 heterocycles. The number of imide groups is 1. The number of nitrogens with zero attached hydrogens (tertiary/aromatic N) is 2. The Morgan fingerprint density at radius 2 is 2.05 bits per heavy atom. The van der Waals surface area contributed by atoms with Crippen molar-refractivity contribution in [3.63, 3.8) is 0 Å². The molecule has 1 aliphatic rings. The second-order valence-electron chi connectivity index (χ2n) is 5.45. The predicted molar refractivity (Wildman–Crippen MR) is 88.1 cm³/mol. The smallest absolute Gasteiger partial charge is 0.321 e. The molecule has 122 valence electrons. The molecule has 0 saturated carbocycles. The van der Waals surface area contributed by atoms with Crippen molar-refractivity contribution >= 4 is 23.3 Å². The van der Waals surface area contributed by atoms with E-state index in [0.29, 0.717) is 0 Å². The Morgan fingerprint density at radius 3 is 2.64 bits per heavy atom. The van der Waals surface area contributed by atoms with Crippen LogP contribution in [0.3, 0.4) is 0 Å². The van der Waals surface area contributed by atoms with E-state index in [1.807, 2.05) is 6.92 Å². The summed E-state index contributed by atoms with van der Waals surface area (Å²) >= 11 is 1.80. The van der Waals surface area contributed by atoms with Gasteiger partial charge in [-0.25, -0.2) is 4.79 Å². The molecule has 1 atom stereocenters. The Hall–Kier alpha value is -1.44. The molecule has 1 aliphatic heterocycles. The fourth-order valence-corrected chi connectivity index (χ4v) is 3.24. The molecule has 1 aromatic heterocycles. The SMILES string of the molecule is CNC(=O)NC(=O)C(C)N1CCN(CCc2cccs2)CC1. The molecule has 22 heavy (non-hydrogen) atoms. The molecule has 1 saturated heterocycles. The number of carbonyl (C=O) groups excluding carboxylic acids is 2. The quantitative estimate of drug-likeness (QED) is 0.839. The van der Waals surface area contributed by atoms with E-state index in [-0.39, 0.29) is 11.9 Å². The Labute approximate surface area is 135 Å². The number of thiophene rings is 1. The maximum Gasteiger partial charge on any atom is 0.321 e. The molecule has 7 heteroatoms. The number of hydrogen-bond acceptors (Lipinski definition) is 5. The zero-order valence-electron chi connectivity index (χ0n) is 13.2. The van der Waals surface area contributed by atoms with E-state index >= 15 is 0 Å². The second kappa shape index (κ2) is 8.26. The minimum Gasteiger partial charge on any atom is -0.341 e. The van der Waals surface area contributed by atoms with Gasteiger partial charge in [-0.1, -0.05) is 6.07 Å². The summed E-state index contributed by atoms with van der Waals surface area (Å²) in [4.78, 5) is 29.1. The molecule has 0 aromatic carbocycles. The summed E-state index contributed by atoms with van der Waals surface area (Å²) in [6.07, 6.45) is 1.09. The third kappa shape index (κ3) is 4.79. The number of amides is 3. The van der Waals surface area contributed by atoms with Gasteiger partial charge in [0.2, 0.25) is 5.91 Å². The van der Waals surface area contributed by atoms with Gasteiger partial charge in [-0.05, 0) is 24.8 Å². The first-order chi connectivity index (χ1) is 10.6. The van der Waals surface area contributed by atoms with Gasteiger partial charge in [-0.15, -0.1) is 11.3 Å². The van der Waals surface area contributed by atoms with Crippen LogP contribution in [0.4, 0.5) is 4.79 Å². The molecule has 2 rings (SSSR count). The summed E-state index contributed by atoms with van der Waals surface area (Å²) in [7, 11) is 1.50. The summed E-state index contributed by atoms with van der Waals surface area (Å²) in [6.45, 7) is 6.54. The molecular formula is C15H24N4O2S. The number of carbonyl (C=O) groups is 2. The summed E-state index contributed by atoms with van der Waals surface area (Å²) in [5.74, 6) is -0.244. The zero-order valence-corrected chi connectivity index (χ0v) is 14.0. The van der Waals surface area contributed by atoms with Crippen LogP contribution < -0.4 is 10.6 Å². The highest BCUT2D eigenvalue weighted by atomic mass is 32.1. The molecule has 3 amide bonds. The largest absolute Gasteiger partial charge is 0.341 e. The molecule has 0 spiro atoms. The average molecular weight is 324 g/mol. The first-order valence-electron chi connectivity index (χ1n) is 7.61. The van der Waals surface area contributed by atoms with Crippen LogP contribution >= 0.6 is 11.3 Å². The minimum atomic E-state index is -0.452. The van der Waals surface area contributed by atoms with Gasteiger partial charge in [-0.3, -0.25) is 15.0 Å². The topological polar surface area (TPSA) is 64.7 Å². The van der Waals surface area contributed by atoms with Crippen LogP contribution in [0.25, 0.3) is 0 Å². The number of rotatable bonds is 5. The van der Waals surface area contributed by atoms with Crippen molar-refractivity contribution in [3.05, 3.63) is 22.4 Å². The Kier molecular flexibility index (Phi) is 6.35. The van der Waals surface area contributed by atoms with Gasteiger partial charge in [-0.2, -0.15) is 0 Å². The van der Waals surface area contributed by atoms with Crippen LogP contribution in [-0.4, -0.2) is 67.6 Å². The number of piperazine rings is 1. The third-order valence-electron chi connectivity index (χ3n) is 4.05. The fourth-order valence-electron chi connectivity index (χ4n) is 2.54. The fraction of sp³-hybridized carbons (Fsp3) is 0.600. The summed E-state index contributed by atoms with van der Waals surface area (Å²) < 4.78 is 0. The van der Waals surface area contributed by atoms with Gasteiger partial charge >= 0.3 is 6.03 Å². The zero-order chi connectivity index (χ0) is 15.9. The van der Waals surface area contributed by atoms with Gasteiger partial charge in [0.05, 0.1) is 6.04 Å². The van der Waals surface area contributed by atoms with Crippen molar-refractivity contribution in [2.45, 2.75) is 19.4 Å². The van der Waals surface area contributed by atoms with E-state index < -0.39 is 6.03 Å². The lowest BCUT2D eigenvalue weighted by Gasteiger charge is -2.37. The predicted octanol–water partition coefficient (Wildman–Crippen LogP) is 0.752. The van der Waals surface area contributed by atoms with Gasteiger partial charge in [0, 0.05) is 44.6 Å². The highest BCUT2D eigenvalue weighted by Crippen LogP contribution is 2.12. The van der Waals surface area contributed by atoms with Crippen molar-refractivity contribution in [2.75, 3.05) is 39.8 Å². The third-order valence-corrected chi connectivity index (χ3v) is 4.99. The van der Waals surface area contributed by atoms with E-state index in [0.717, 1.165) is 39.1 Å². The lowest BCUT2D eigenvalue weighted by Crippen LogP contribution is -2.55. The van der Waals surface area contributed by atoms with E-state index in [1.54, 1.807) is 11.3 Å². The molecule has 1 unspecified atom stereocenters. The second-order valence-corrected chi connectivity index (χ2v) is 6.48. The van der Waals surface area contributed by atoms with Gasteiger partial charge in [0.25, 0.3) is 0 Å². The normalized spacial score (nSPS) is 17.9.